The standard InChI is InChI=1S/C21H16F3I/c1-2-3-15-8-9-16(12-18(15)22)13-4-6-14(7-5-13)17-10-11-19(25)21(24)20(17)23/h4-12H,2-3H2,1H3. The Bertz CT molecular complexity index is 902. The first-order chi connectivity index (χ1) is 12.0. The van der Waals surface area contributed by atoms with Gasteiger partial charge in [0.05, 0.1) is 3.57 Å². The van der Waals surface area contributed by atoms with Gasteiger partial charge in [-0.3, -0.25) is 0 Å². The van der Waals surface area contributed by atoms with Gasteiger partial charge in [0.2, 0.25) is 0 Å². The van der Waals surface area contributed by atoms with Crippen LogP contribution in [-0.2, 0) is 6.42 Å². The third kappa shape index (κ3) is 3.73. The molecule has 0 N–H and O–H groups in total. The minimum Gasteiger partial charge on any atom is -0.207 e. The molecule has 0 saturated heterocycles. The zero-order valence-corrected chi connectivity index (χ0v) is 15.8. The third-order valence-corrected chi connectivity index (χ3v) is 4.97. The van der Waals surface area contributed by atoms with E-state index in [4.69, 9.17) is 0 Å². The van der Waals surface area contributed by atoms with E-state index in [-0.39, 0.29) is 15.0 Å². The molecule has 0 nitrogen and oxygen atoms in total. The van der Waals surface area contributed by atoms with Crippen molar-refractivity contribution in [3.8, 4) is 22.3 Å². The number of hydrogen-bond donors (Lipinski definition) is 0. The number of hydrogen-bond acceptors (Lipinski definition) is 0. The number of rotatable bonds is 4. The van der Waals surface area contributed by atoms with Gasteiger partial charge in [-0.1, -0.05) is 55.8 Å². The molecule has 0 fully saturated rings. The van der Waals surface area contributed by atoms with E-state index in [9.17, 15) is 13.2 Å². The molecule has 0 aliphatic heterocycles. The average molecular weight is 452 g/mol. The van der Waals surface area contributed by atoms with Crippen molar-refractivity contribution in [1.29, 1.82) is 0 Å². The Morgan fingerprint density at radius 2 is 1.40 bits per heavy atom. The van der Waals surface area contributed by atoms with Crippen LogP contribution in [0.3, 0.4) is 0 Å². The summed E-state index contributed by atoms with van der Waals surface area (Å²) in [6.07, 6.45) is 1.60. The molecular formula is C21H16F3I. The Hall–Kier alpha value is -1.82. The van der Waals surface area contributed by atoms with Crippen LogP contribution in [0, 0.1) is 21.0 Å². The van der Waals surface area contributed by atoms with Crippen molar-refractivity contribution in [2.24, 2.45) is 0 Å². The molecule has 0 bridgehead atoms. The highest BCUT2D eigenvalue weighted by molar-refractivity contribution is 14.1. The van der Waals surface area contributed by atoms with Crippen LogP contribution in [0.25, 0.3) is 22.3 Å². The summed E-state index contributed by atoms with van der Waals surface area (Å²) in [5, 5.41) is 0. The lowest BCUT2D eigenvalue weighted by atomic mass is 9.98. The van der Waals surface area contributed by atoms with Gasteiger partial charge in [-0.25, -0.2) is 13.2 Å². The van der Waals surface area contributed by atoms with Crippen molar-refractivity contribution in [3.63, 3.8) is 0 Å². The van der Waals surface area contributed by atoms with Crippen LogP contribution in [-0.4, -0.2) is 0 Å². The molecule has 0 radical (unpaired) electrons. The molecule has 0 heterocycles. The van der Waals surface area contributed by atoms with Crippen LogP contribution >= 0.6 is 22.6 Å². The molecular weight excluding hydrogens is 436 g/mol. The lowest BCUT2D eigenvalue weighted by molar-refractivity contribution is 0.506. The van der Waals surface area contributed by atoms with E-state index < -0.39 is 11.6 Å². The van der Waals surface area contributed by atoms with Gasteiger partial charge in [0.15, 0.2) is 11.6 Å². The molecule has 0 aliphatic carbocycles. The third-order valence-electron chi connectivity index (χ3n) is 4.14. The first-order valence-corrected chi connectivity index (χ1v) is 9.12. The minimum absolute atomic E-state index is 0.214. The predicted octanol–water partition coefficient (Wildman–Crippen LogP) is 7.00. The smallest absolute Gasteiger partial charge is 0.172 e. The number of halogens is 4. The molecule has 0 aliphatic rings. The summed E-state index contributed by atoms with van der Waals surface area (Å²) in [6, 6.07) is 15.3. The molecule has 3 rings (SSSR count). The highest BCUT2D eigenvalue weighted by Gasteiger charge is 2.13. The molecule has 4 heteroatoms. The highest BCUT2D eigenvalue weighted by Crippen LogP contribution is 2.30. The Labute approximate surface area is 158 Å². The van der Waals surface area contributed by atoms with Crippen molar-refractivity contribution in [2.45, 2.75) is 19.8 Å². The summed E-state index contributed by atoms with van der Waals surface area (Å²) >= 11 is 1.76. The van der Waals surface area contributed by atoms with E-state index in [1.807, 2.05) is 13.0 Å². The number of benzene rings is 3. The molecule has 0 atom stereocenters. The normalized spacial score (nSPS) is 10.9. The van der Waals surface area contributed by atoms with Crippen LogP contribution < -0.4 is 0 Å². The Balaban J connectivity index is 1.93. The first-order valence-electron chi connectivity index (χ1n) is 8.04. The predicted molar refractivity (Wildman–Crippen MR) is 104 cm³/mol. The van der Waals surface area contributed by atoms with Crippen molar-refractivity contribution in [3.05, 3.63) is 81.2 Å². The van der Waals surface area contributed by atoms with Gasteiger partial charge in [0.25, 0.3) is 0 Å². The van der Waals surface area contributed by atoms with Crippen molar-refractivity contribution < 1.29 is 13.2 Å². The fourth-order valence-corrected chi connectivity index (χ4v) is 3.21. The maximum Gasteiger partial charge on any atom is 0.172 e. The lowest BCUT2D eigenvalue weighted by Gasteiger charge is -2.09. The zero-order valence-electron chi connectivity index (χ0n) is 13.6. The summed E-state index contributed by atoms with van der Waals surface area (Å²) in [6.45, 7) is 2.01. The van der Waals surface area contributed by atoms with E-state index in [1.54, 1.807) is 65.1 Å². The van der Waals surface area contributed by atoms with E-state index in [0.29, 0.717) is 17.5 Å². The molecule has 3 aromatic rings. The molecule has 128 valence electrons. The summed E-state index contributed by atoms with van der Waals surface area (Å²) in [4.78, 5) is 0. The van der Waals surface area contributed by atoms with E-state index in [2.05, 4.69) is 0 Å². The van der Waals surface area contributed by atoms with E-state index in [1.165, 1.54) is 6.07 Å². The van der Waals surface area contributed by atoms with Gasteiger partial charge in [0.1, 0.15) is 5.82 Å². The van der Waals surface area contributed by atoms with Gasteiger partial charge >= 0.3 is 0 Å². The Morgan fingerprint density at radius 1 is 0.760 bits per heavy atom. The summed E-state index contributed by atoms with van der Waals surface area (Å²) in [5.74, 6) is -1.90. The van der Waals surface area contributed by atoms with E-state index in [0.717, 1.165) is 17.5 Å². The van der Waals surface area contributed by atoms with Crippen LogP contribution in [0.2, 0.25) is 0 Å². The van der Waals surface area contributed by atoms with Crippen LogP contribution in [0.4, 0.5) is 13.2 Å². The van der Waals surface area contributed by atoms with Crippen LogP contribution in [0.5, 0.6) is 0 Å². The van der Waals surface area contributed by atoms with Gasteiger partial charge in [-0.05, 0) is 63.4 Å². The van der Waals surface area contributed by atoms with Crippen molar-refractivity contribution >= 4 is 22.6 Å². The summed E-state index contributed by atoms with van der Waals surface area (Å²) in [5.41, 5.74) is 3.10. The second kappa shape index (κ2) is 7.60. The average Bonchev–Trinajstić information content (AvgIpc) is 2.62. The lowest BCUT2D eigenvalue weighted by Crippen LogP contribution is -1.93. The molecule has 0 saturated carbocycles. The maximum atomic E-state index is 14.1. The second-order valence-corrected chi connectivity index (χ2v) is 7.02. The molecule has 25 heavy (non-hydrogen) atoms. The molecule has 0 spiro atoms. The molecule has 0 aromatic heterocycles. The van der Waals surface area contributed by atoms with Gasteiger partial charge in [-0.15, -0.1) is 0 Å². The Morgan fingerprint density at radius 3 is 2.04 bits per heavy atom. The van der Waals surface area contributed by atoms with Gasteiger partial charge in [0, 0.05) is 5.56 Å². The number of aryl methyl sites for hydroxylation is 1. The van der Waals surface area contributed by atoms with Crippen LogP contribution in [0.1, 0.15) is 18.9 Å². The summed E-state index contributed by atoms with van der Waals surface area (Å²) < 4.78 is 42.2. The molecule has 0 amide bonds. The fraction of sp³-hybridized carbons (Fsp3) is 0.143. The van der Waals surface area contributed by atoms with Crippen molar-refractivity contribution in [1.82, 2.24) is 0 Å². The Kier molecular flexibility index (Phi) is 5.47. The molecule has 0 unspecified atom stereocenters. The maximum absolute atomic E-state index is 14.1. The van der Waals surface area contributed by atoms with E-state index >= 15 is 0 Å². The second-order valence-electron chi connectivity index (χ2n) is 5.86. The summed E-state index contributed by atoms with van der Waals surface area (Å²) in [7, 11) is 0. The van der Waals surface area contributed by atoms with Gasteiger partial charge in [-0.2, -0.15) is 0 Å². The van der Waals surface area contributed by atoms with Crippen molar-refractivity contribution in [2.75, 3.05) is 0 Å². The van der Waals surface area contributed by atoms with Crippen LogP contribution in [0.15, 0.2) is 54.6 Å². The fourth-order valence-electron chi connectivity index (χ4n) is 2.79. The zero-order chi connectivity index (χ0) is 18.0. The van der Waals surface area contributed by atoms with Gasteiger partial charge < -0.3 is 0 Å². The largest absolute Gasteiger partial charge is 0.207 e. The monoisotopic (exact) mass is 452 g/mol. The quantitative estimate of drug-likeness (QED) is 0.296. The minimum atomic E-state index is -0.852. The molecule has 3 aromatic carbocycles. The topological polar surface area (TPSA) is 0 Å². The first kappa shape index (κ1) is 18.0. The highest BCUT2D eigenvalue weighted by atomic mass is 127. The SMILES string of the molecule is CCCc1ccc(-c2ccc(-c3ccc(I)c(F)c3F)cc2)cc1F.